The summed E-state index contributed by atoms with van der Waals surface area (Å²) < 4.78 is 16.3. The molecule has 14 heteroatoms. The van der Waals surface area contributed by atoms with Crippen LogP contribution in [0.1, 0.15) is 20.8 Å². The normalized spacial score (nSPS) is 11.1. The molecular formula is C29H33N7O7. The zero-order valence-electron chi connectivity index (χ0n) is 24.7. The number of amides is 2. The highest BCUT2D eigenvalue weighted by atomic mass is 16.6. The monoisotopic (exact) mass is 591 g/mol. The van der Waals surface area contributed by atoms with Gasteiger partial charge in [-0.05, 0) is 32.9 Å². The van der Waals surface area contributed by atoms with E-state index >= 15 is 0 Å². The number of benzene rings is 2. The van der Waals surface area contributed by atoms with Crippen molar-refractivity contribution in [2.24, 2.45) is 0 Å². The molecule has 0 saturated heterocycles. The molecule has 0 aliphatic carbocycles. The van der Waals surface area contributed by atoms with Crippen LogP contribution in [0.3, 0.4) is 0 Å². The maximum absolute atomic E-state index is 13.7. The van der Waals surface area contributed by atoms with Crippen molar-refractivity contribution in [1.29, 1.82) is 0 Å². The zero-order chi connectivity index (χ0) is 31.3. The van der Waals surface area contributed by atoms with E-state index in [4.69, 9.17) is 14.2 Å². The van der Waals surface area contributed by atoms with Gasteiger partial charge in [0.1, 0.15) is 29.3 Å². The van der Waals surface area contributed by atoms with Gasteiger partial charge in [-0.3, -0.25) is 10.1 Å². The lowest BCUT2D eigenvalue weighted by atomic mass is 10.1. The van der Waals surface area contributed by atoms with Gasteiger partial charge in [-0.2, -0.15) is 0 Å². The van der Waals surface area contributed by atoms with Gasteiger partial charge in [-0.1, -0.05) is 18.2 Å². The van der Waals surface area contributed by atoms with Gasteiger partial charge >= 0.3 is 12.2 Å². The van der Waals surface area contributed by atoms with E-state index in [9.17, 15) is 19.7 Å². The summed E-state index contributed by atoms with van der Waals surface area (Å²) >= 11 is 0. The summed E-state index contributed by atoms with van der Waals surface area (Å²) in [6, 6.07) is 12.0. The number of nitro benzene ring substituents is 1. The summed E-state index contributed by atoms with van der Waals surface area (Å²) in [5.74, 6) is 0.0383. The minimum absolute atomic E-state index is 0.00159. The van der Waals surface area contributed by atoms with Crippen LogP contribution in [0.15, 0.2) is 54.9 Å². The van der Waals surface area contributed by atoms with E-state index in [0.29, 0.717) is 5.69 Å². The molecule has 4 rings (SSSR count). The van der Waals surface area contributed by atoms with Crippen molar-refractivity contribution in [3.05, 3.63) is 65.0 Å². The first-order valence-corrected chi connectivity index (χ1v) is 13.3. The SMILES string of the molecule is CNC(=O)OCCN(C)c1cc(OC)c(N(C(=O)OC(C)(C)C)c2nccc(-c3c[nH]c4ccccc34)n2)cc1[N+](=O)[O-]. The maximum Gasteiger partial charge on any atom is 0.422 e. The summed E-state index contributed by atoms with van der Waals surface area (Å²) in [6.07, 6.45) is 1.81. The van der Waals surface area contributed by atoms with Crippen molar-refractivity contribution in [2.45, 2.75) is 26.4 Å². The number of aromatic amines is 1. The lowest BCUT2D eigenvalue weighted by molar-refractivity contribution is -0.384. The highest BCUT2D eigenvalue weighted by molar-refractivity contribution is 5.98. The Morgan fingerprint density at radius 2 is 1.88 bits per heavy atom. The molecule has 226 valence electrons. The van der Waals surface area contributed by atoms with Crippen molar-refractivity contribution >= 4 is 46.1 Å². The third-order valence-corrected chi connectivity index (χ3v) is 6.27. The third-order valence-electron chi connectivity index (χ3n) is 6.27. The molecule has 0 fully saturated rings. The molecule has 0 radical (unpaired) electrons. The number of likely N-dealkylation sites (N-methyl/N-ethyl adjacent to an activating group) is 1. The van der Waals surface area contributed by atoms with Crippen LogP contribution in [0.25, 0.3) is 22.2 Å². The smallest absolute Gasteiger partial charge is 0.422 e. The first kappa shape index (κ1) is 30.6. The Bertz CT molecular complexity index is 1650. The molecule has 2 amide bonds. The van der Waals surface area contributed by atoms with E-state index < -0.39 is 22.7 Å². The van der Waals surface area contributed by atoms with E-state index in [0.717, 1.165) is 21.4 Å². The van der Waals surface area contributed by atoms with Crippen LogP contribution in [0.4, 0.5) is 32.6 Å². The molecule has 14 nitrogen and oxygen atoms in total. The van der Waals surface area contributed by atoms with Crippen LogP contribution >= 0.6 is 0 Å². The molecule has 43 heavy (non-hydrogen) atoms. The fourth-order valence-electron chi connectivity index (χ4n) is 4.29. The minimum Gasteiger partial charge on any atom is -0.494 e. The number of H-pyrrole nitrogens is 1. The highest BCUT2D eigenvalue weighted by Crippen LogP contribution is 2.42. The Morgan fingerprint density at radius 3 is 2.56 bits per heavy atom. The predicted molar refractivity (Wildman–Crippen MR) is 161 cm³/mol. The average Bonchev–Trinajstić information content (AvgIpc) is 3.40. The summed E-state index contributed by atoms with van der Waals surface area (Å²) in [5.41, 5.74) is 1.11. The predicted octanol–water partition coefficient (Wildman–Crippen LogP) is 5.41. The van der Waals surface area contributed by atoms with Crippen molar-refractivity contribution in [1.82, 2.24) is 20.3 Å². The second-order valence-electron chi connectivity index (χ2n) is 10.4. The van der Waals surface area contributed by atoms with E-state index in [1.807, 2.05) is 24.3 Å². The fraction of sp³-hybridized carbons (Fsp3) is 0.310. The Balaban J connectivity index is 1.84. The Labute approximate surface area is 247 Å². The van der Waals surface area contributed by atoms with Gasteiger partial charge in [0.2, 0.25) is 5.95 Å². The number of para-hydroxylation sites is 1. The molecule has 2 N–H and O–H groups in total. The van der Waals surface area contributed by atoms with Gasteiger partial charge in [0, 0.05) is 55.1 Å². The van der Waals surface area contributed by atoms with Crippen molar-refractivity contribution in [2.75, 3.05) is 44.2 Å². The molecule has 4 aromatic rings. The second kappa shape index (κ2) is 12.6. The van der Waals surface area contributed by atoms with Crippen LogP contribution in [-0.2, 0) is 9.47 Å². The van der Waals surface area contributed by atoms with E-state index in [2.05, 4.69) is 20.3 Å². The van der Waals surface area contributed by atoms with E-state index in [-0.39, 0.29) is 41.9 Å². The molecule has 0 spiro atoms. The van der Waals surface area contributed by atoms with Gasteiger partial charge in [-0.15, -0.1) is 0 Å². The number of ether oxygens (including phenoxy) is 3. The zero-order valence-corrected chi connectivity index (χ0v) is 24.7. The molecule has 0 atom stereocenters. The van der Waals surface area contributed by atoms with Crippen molar-refractivity contribution in [3.8, 4) is 17.0 Å². The molecular weight excluding hydrogens is 558 g/mol. The maximum atomic E-state index is 13.7. The summed E-state index contributed by atoms with van der Waals surface area (Å²) in [5, 5.41) is 15.5. The quantitative estimate of drug-likeness (QED) is 0.190. The Hall–Kier alpha value is -5.40. The first-order chi connectivity index (χ1) is 20.4. The number of rotatable bonds is 9. The van der Waals surface area contributed by atoms with E-state index in [1.165, 1.54) is 32.5 Å². The van der Waals surface area contributed by atoms with Gasteiger partial charge in [0.05, 0.1) is 24.3 Å². The molecule has 0 aliphatic rings. The molecule has 2 aromatic carbocycles. The number of hydrogen-bond donors (Lipinski definition) is 2. The number of alkyl carbamates (subject to hydrolysis) is 1. The minimum atomic E-state index is -0.909. The van der Waals surface area contributed by atoms with Crippen LogP contribution in [0.2, 0.25) is 0 Å². The number of nitrogens with one attached hydrogen (secondary N) is 2. The number of carbonyl (C=O) groups excluding carboxylic acids is 2. The molecule has 0 aliphatic heterocycles. The Morgan fingerprint density at radius 1 is 1.14 bits per heavy atom. The van der Waals surface area contributed by atoms with Gasteiger partial charge in [0.15, 0.2) is 0 Å². The number of anilines is 3. The fourth-order valence-corrected chi connectivity index (χ4v) is 4.29. The number of nitro groups is 1. The largest absolute Gasteiger partial charge is 0.494 e. The third kappa shape index (κ3) is 6.92. The first-order valence-electron chi connectivity index (χ1n) is 13.3. The number of hydrogen-bond acceptors (Lipinski definition) is 10. The van der Waals surface area contributed by atoms with Crippen LogP contribution in [0, 0.1) is 10.1 Å². The average molecular weight is 592 g/mol. The van der Waals surface area contributed by atoms with Crippen LogP contribution in [-0.4, -0.2) is 72.0 Å². The topological polar surface area (TPSA) is 165 Å². The number of nitrogens with zero attached hydrogens (tertiary/aromatic N) is 5. The molecule has 2 aromatic heterocycles. The molecule has 0 bridgehead atoms. The van der Waals surface area contributed by atoms with Crippen LogP contribution in [0.5, 0.6) is 5.75 Å². The number of methoxy groups -OCH3 is 1. The summed E-state index contributed by atoms with van der Waals surface area (Å²) in [4.78, 5) is 51.6. The van der Waals surface area contributed by atoms with E-state index in [1.54, 1.807) is 45.0 Å². The summed E-state index contributed by atoms with van der Waals surface area (Å²) in [6.45, 7) is 5.21. The molecule has 2 heterocycles. The lowest BCUT2D eigenvalue weighted by Gasteiger charge is -2.28. The second-order valence-corrected chi connectivity index (χ2v) is 10.4. The molecule has 0 saturated carbocycles. The lowest BCUT2D eigenvalue weighted by Crippen LogP contribution is -2.35. The number of carbonyl (C=O) groups is 2. The summed E-state index contributed by atoms with van der Waals surface area (Å²) in [7, 11) is 4.41. The van der Waals surface area contributed by atoms with Crippen molar-refractivity contribution < 1.29 is 28.7 Å². The van der Waals surface area contributed by atoms with Gasteiger partial charge < -0.3 is 29.4 Å². The highest BCUT2D eigenvalue weighted by Gasteiger charge is 2.33. The van der Waals surface area contributed by atoms with Crippen molar-refractivity contribution in [3.63, 3.8) is 0 Å². The standard InChI is InChI=1S/C29H33N7O7/c1-29(2,3)43-28(38)35(26-31-12-11-21(33-26)19-17-32-20-10-8-7-9-18(19)20)24-15-23(36(39)40)22(16-25(24)41-6)34(5)13-14-42-27(37)30-4/h7-12,15-17,32H,13-14H2,1-6H3,(H,30,37). The Kier molecular flexibility index (Phi) is 8.98. The van der Waals surface area contributed by atoms with Gasteiger partial charge in [-0.25, -0.2) is 24.5 Å². The van der Waals surface area contributed by atoms with Crippen LogP contribution < -0.4 is 19.9 Å². The van der Waals surface area contributed by atoms with Gasteiger partial charge in [0.25, 0.3) is 5.69 Å². The molecule has 0 unspecified atom stereocenters. The number of fused-ring (bicyclic) bond motifs is 1. The number of aromatic nitrogens is 3.